The molecule has 116 valence electrons. The molecule has 3 N–H and O–H groups in total. The van der Waals surface area contributed by atoms with Crippen molar-refractivity contribution < 1.29 is 14.7 Å². The first-order valence-corrected chi connectivity index (χ1v) is 7.76. The van der Waals surface area contributed by atoms with Crippen molar-refractivity contribution in [3.63, 3.8) is 0 Å². The van der Waals surface area contributed by atoms with Gasteiger partial charge in [-0.25, -0.2) is 0 Å². The lowest BCUT2D eigenvalue weighted by Crippen LogP contribution is -2.47. The van der Waals surface area contributed by atoms with E-state index >= 15 is 0 Å². The Bertz CT molecular complexity index is 491. The van der Waals surface area contributed by atoms with Crippen molar-refractivity contribution in [3.05, 3.63) is 30.3 Å². The molecule has 0 bridgehead atoms. The Labute approximate surface area is 129 Å². The fraction of sp³-hybridized carbons (Fsp3) is 0.467. The van der Waals surface area contributed by atoms with Crippen LogP contribution in [0.5, 0.6) is 0 Å². The fourth-order valence-electron chi connectivity index (χ4n) is 1.82. The molecule has 0 heterocycles. The zero-order valence-corrected chi connectivity index (χ0v) is 13.4. The smallest absolute Gasteiger partial charge is 0.321 e. The number of aliphatic carboxylic acids is 1. The molecular formula is C15H22N2O3S. The summed E-state index contributed by atoms with van der Waals surface area (Å²) in [6.45, 7) is 5.95. The molecule has 1 rings (SSSR count). The summed E-state index contributed by atoms with van der Waals surface area (Å²) in [6, 6.07) is 8.39. The summed E-state index contributed by atoms with van der Waals surface area (Å²) in [5, 5.41) is 8.98. The molecule has 1 aromatic carbocycles. The number of carbonyl (C=O) groups is 2. The van der Waals surface area contributed by atoms with Crippen LogP contribution in [0.3, 0.4) is 0 Å². The van der Waals surface area contributed by atoms with Crippen LogP contribution < -0.4 is 10.6 Å². The quantitative estimate of drug-likeness (QED) is 0.804. The Morgan fingerprint density at radius 3 is 2.38 bits per heavy atom. The third kappa shape index (κ3) is 4.75. The van der Waals surface area contributed by atoms with Crippen LogP contribution in [-0.2, 0) is 9.59 Å². The number of carboxylic acids is 1. The summed E-state index contributed by atoms with van der Waals surface area (Å²) in [5.74, 6) is -0.925. The van der Waals surface area contributed by atoms with Crippen LogP contribution in [0.25, 0.3) is 0 Å². The number of nitrogens with two attached hydrogens (primary N) is 1. The molecule has 0 aliphatic heterocycles. The van der Waals surface area contributed by atoms with Crippen molar-refractivity contribution in [1.29, 1.82) is 0 Å². The van der Waals surface area contributed by atoms with Crippen molar-refractivity contribution in [3.8, 4) is 0 Å². The number of anilines is 1. The van der Waals surface area contributed by atoms with E-state index in [1.807, 2.05) is 37.3 Å². The molecule has 1 amide bonds. The first kappa shape index (κ1) is 17.5. The van der Waals surface area contributed by atoms with E-state index in [-0.39, 0.29) is 11.7 Å². The average molecular weight is 310 g/mol. The zero-order valence-electron chi connectivity index (χ0n) is 12.6. The van der Waals surface area contributed by atoms with E-state index < -0.39 is 16.8 Å². The molecule has 0 aromatic heterocycles. The molecule has 0 saturated heterocycles. The van der Waals surface area contributed by atoms with Crippen molar-refractivity contribution in [2.45, 2.75) is 31.6 Å². The second-order valence-corrected chi connectivity index (χ2v) is 6.81. The van der Waals surface area contributed by atoms with E-state index in [0.29, 0.717) is 6.54 Å². The maximum atomic E-state index is 12.3. The predicted molar refractivity (Wildman–Crippen MR) is 86.6 cm³/mol. The number of nitrogens with zero attached hydrogens (tertiary/aromatic N) is 1. The van der Waals surface area contributed by atoms with E-state index in [2.05, 4.69) is 0 Å². The standard InChI is InChI=1S/C15H22N2O3S/c1-4-17(11-8-6-5-7-9-11)12(18)10-21-15(2,3)13(16)14(19)20/h5-9,13H,4,10,16H2,1-3H3,(H,19,20)/t13-/m1/s1. The number of thioether (sulfide) groups is 1. The molecule has 5 nitrogen and oxygen atoms in total. The summed E-state index contributed by atoms with van der Waals surface area (Å²) in [4.78, 5) is 25.0. The van der Waals surface area contributed by atoms with Gasteiger partial charge in [-0.05, 0) is 32.9 Å². The van der Waals surface area contributed by atoms with Crippen molar-refractivity contribution in [2.24, 2.45) is 5.73 Å². The molecule has 0 aliphatic carbocycles. The Morgan fingerprint density at radius 1 is 1.33 bits per heavy atom. The fourth-order valence-corrected chi connectivity index (χ4v) is 2.76. The molecule has 0 saturated carbocycles. The Kier molecular flexibility index (Phi) is 6.23. The van der Waals surface area contributed by atoms with Gasteiger partial charge >= 0.3 is 5.97 Å². The average Bonchev–Trinajstić information content (AvgIpc) is 2.46. The monoisotopic (exact) mass is 310 g/mol. The largest absolute Gasteiger partial charge is 0.480 e. The van der Waals surface area contributed by atoms with Gasteiger partial charge in [-0.15, -0.1) is 11.8 Å². The second kappa shape index (κ2) is 7.47. The van der Waals surface area contributed by atoms with Gasteiger partial charge in [0.1, 0.15) is 6.04 Å². The normalized spacial score (nSPS) is 12.8. The van der Waals surface area contributed by atoms with E-state index in [1.54, 1.807) is 18.7 Å². The van der Waals surface area contributed by atoms with E-state index in [1.165, 1.54) is 11.8 Å². The molecule has 0 aliphatic rings. The number of benzene rings is 1. The van der Waals surface area contributed by atoms with Gasteiger partial charge < -0.3 is 15.7 Å². The Morgan fingerprint density at radius 2 is 1.90 bits per heavy atom. The number of carbonyl (C=O) groups excluding carboxylic acids is 1. The summed E-state index contributed by atoms with van der Waals surface area (Å²) in [5.41, 5.74) is 6.49. The van der Waals surface area contributed by atoms with Crippen LogP contribution in [0.15, 0.2) is 30.3 Å². The molecule has 21 heavy (non-hydrogen) atoms. The highest BCUT2D eigenvalue weighted by atomic mass is 32.2. The summed E-state index contributed by atoms with van der Waals surface area (Å²) in [7, 11) is 0. The number of hydrogen-bond donors (Lipinski definition) is 2. The third-order valence-electron chi connectivity index (χ3n) is 3.27. The molecule has 0 radical (unpaired) electrons. The minimum absolute atomic E-state index is 0.0561. The maximum Gasteiger partial charge on any atom is 0.321 e. The SMILES string of the molecule is CCN(C(=O)CSC(C)(C)[C@H](N)C(=O)O)c1ccccc1. The highest BCUT2D eigenvalue weighted by Crippen LogP contribution is 2.28. The second-order valence-electron chi connectivity index (χ2n) is 5.18. The lowest BCUT2D eigenvalue weighted by atomic mass is 10.1. The van der Waals surface area contributed by atoms with Crippen LogP contribution in [0.2, 0.25) is 0 Å². The maximum absolute atomic E-state index is 12.3. The predicted octanol–water partition coefficient (Wildman–Crippen LogP) is 1.96. The van der Waals surface area contributed by atoms with Crippen LogP contribution >= 0.6 is 11.8 Å². The van der Waals surface area contributed by atoms with Crippen molar-refractivity contribution >= 4 is 29.3 Å². The molecule has 0 unspecified atom stereocenters. The van der Waals surface area contributed by atoms with Gasteiger partial charge in [-0.3, -0.25) is 9.59 Å². The van der Waals surface area contributed by atoms with E-state index in [4.69, 9.17) is 10.8 Å². The topological polar surface area (TPSA) is 83.6 Å². The first-order valence-electron chi connectivity index (χ1n) is 6.77. The summed E-state index contributed by atoms with van der Waals surface area (Å²) in [6.07, 6.45) is 0. The summed E-state index contributed by atoms with van der Waals surface area (Å²) < 4.78 is -0.711. The Balaban J connectivity index is 2.70. The van der Waals surface area contributed by atoms with Gasteiger partial charge in [-0.2, -0.15) is 0 Å². The van der Waals surface area contributed by atoms with Gasteiger partial charge in [0, 0.05) is 17.0 Å². The van der Waals surface area contributed by atoms with E-state index in [9.17, 15) is 9.59 Å². The molecule has 0 spiro atoms. The van der Waals surface area contributed by atoms with Gasteiger partial charge in [0.2, 0.25) is 5.91 Å². The van der Waals surface area contributed by atoms with E-state index in [0.717, 1.165) is 5.69 Å². The molecule has 1 aromatic rings. The van der Waals surface area contributed by atoms with Crippen molar-refractivity contribution in [1.82, 2.24) is 0 Å². The minimum atomic E-state index is -1.06. The van der Waals surface area contributed by atoms with Gasteiger partial charge in [0.15, 0.2) is 0 Å². The van der Waals surface area contributed by atoms with Gasteiger partial charge in [0.25, 0.3) is 0 Å². The number of hydrogen-bond acceptors (Lipinski definition) is 4. The molecular weight excluding hydrogens is 288 g/mol. The minimum Gasteiger partial charge on any atom is -0.480 e. The summed E-state index contributed by atoms with van der Waals surface area (Å²) >= 11 is 1.26. The highest BCUT2D eigenvalue weighted by molar-refractivity contribution is 8.01. The lowest BCUT2D eigenvalue weighted by Gasteiger charge is -2.29. The highest BCUT2D eigenvalue weighted by Gasteiger charge is 2.33. The Hall–Kier alpha value is -1.53. The van der Waals surface area contributed by atoms with Crippen LogP contribution in [0.4, 0.5) is 5.69 Å². The van der Waals surface area contributed by atoms with Gasteiger partial charge in [-0.1, -0.05) is 18.2 Å². The van der Waals surface area contributed by atoms with Gasteiger partial charge in [0.05, 0.1) is 5.75 Å². The number of rotatable bonds is 7. The zero-order chi connectivity index (χ0) is 16.0. The number of para-hydroxylation sites is 1. The van der Waals surface area contributed by atoms with Crippen LogP contribution in [0.1, 0.15) is 20.8 Å². The number of amides is 1. The first-order chi connectivity index (χ1) is 9.79. The number of carboxylic acid groups (broad SMARTS) is 1. The molecule has 1 atom stereocenters. The van der Waals surface area contributed by atoms with Crippen molar-refractivity contribution in [2.75, 3.05) is 17.2 Å². The molecule has 0 fully saturated rings. The third-order valence-corrected chi connectivity index (χ3v) is 4.66. The lowest BCUT2D eigenvalue weighted by molar-refractivity contribution is -0.139. The van der Waals surface area contributed by atoms with Crippen LogP contribution in [-0.4, -0.2) is 40.1 Å². The van der Waals surface area contributed by atoms with Crippen LogP contribution in [0, 0.1) is 0 Å². The molecule has 6 heteroatoms.